The van der Waals surface area contributed by atoms with Gasteiger partial charge in [-0.05, 0) is 103 Å². The second-order valence-corrected chi connectivity index (χ2v) is 16.4. The summed E-state index contributed by atoms with van der Waals surface area (Å²) in [6.07, 6.45) is 1.73. The summed E-state index contributed by atoms with van der Waals surface area (Å²) in [4.78, 5) is 5.65. The van der Waals surface area contributed by atoms with Gasteiger partial charge in [0.2, 0.25) is 0 Å². The first-order chi connectivity index (χ1) is 28.5. The molecule has 0 saturated heterocycles. The lowest BCUT2D eigenvalue weighted by Crippen LogP contribution is -2.40. The normalized spacial score (nSPS) is 15.7. The second-order valence-electron chi connectivity index (χ2n) is 15.4. The molecule has 1 heterocycles. The average Bonchev–Trinajstić information content (AvgIpc) is 3.91. The van der Waals surface area contributed by atoms with Gasteiger partial charge in [-0.3, -0.25) is 4.99 Å². The fraction of sp³-hybridized carbons (Fsp3) is 0.0926. The number of benzene rings is 8. The largest absolute Gasteiger partial charge is 0.363 e. The molecule has 2 aliphatic rings. The summed E-state index contributed by atoms with van der Waals surface area (Å²) < 4.78 is 1.34. The van der Waals surface area contributed by atoms with Gasteiger partial charge in [-0.2, -0.15) is 0 Å². The number of nitrogens with zero attached hydrogens (tertiary/aromatic N) is 1. The molecular formula is C54H43N3S. The van der Waals surface area contributed by atoms with Crippen LogP contribution in [0.25, 0.3) is 53.6 Å². The Morgan fingerprint density at radius 2 is 1.17 bits per heavy atom. The number of hydrogen-bond acceptors (Lipinski definition) is 3. The maximum atomic E-state index is 5.68. The number of hydrogen-bond donors (Lipinski definition) is 2. The van der Waals surface area contributed by atoms with Crippen LogP contribution in [0.4, 0.5) is 0 Å². The highest BCUT2D eigenvalue weighted by atomic mass is 32.1. The molecule has 0 aliphatic heterocycles. The number of nitrogens with two attached hydrogens (primary N) is 1. The first-order valence-corrected chi connectivity index (χ1v) is 20.8. The van der Waals surface area contributed by atoms with Gasteiger partial charge in [-0.1, -0.05) is 182 Å². The van der Waals surface area contributed by atoms with E-state index in [1.54, 1.807) is 6.34 Å². The van der Waals surface area contributed by atoms with Gasteiger partial charge in [0, 0.05) is 9.58 Å². The molecule has 2 aliphatic carbocycles. The summed E-state index contributed by atoms with van der Waals surface area (Å²) in [7, 11) is 0. The Morgan fingerprint density at radius 1 is 0.586 bits per heavy atom. The third kappa shape index (κ3) is 5.48. The van der Waals surface area contributed by atoms with Gasteiger partial charge in [-0.15, -0.1) is 11.3 Å². The van der Waals surface area contributed by atoms with Crippen molar-refractivity contribution in [1.82, 2.24) is 5.32 Å². The summed E-state index contributed by atoms with van der Waals surface area (Å²) in [5.74, 6) is 0. The molecule has 0 amide bonds. The Bertz CT molecular complexity index is 2990. The SMILES string of the molecule is CC(N/C=N\CN)(c1ccccc1)c1ccc(-c2cccc3c2-c2ccccc2C32c3ccccc3-c3sc4ccccc4c32)cc1.Cc1cccc2ccccc12. The topological polar surface area (TPSA) is 50.4 Å². The molecule has 11 rings (SSSR count). The smallest absolute Gasteiger partial charge is 0.0876 e. The van der Waals surface area contributed by atoms with E-state index in [0.29, 0.717) is 0 Å². The Morgan fingerprint density at radius 3 is 1.95 bits per heavy atom. The molecule has 0 saturated carbocycles. The number of aryl methyl sites for hydroxylation is 1. The molecule has 2 atom stereocenters. The van der Waals surface area contributed by atoms with Crippen LogP contribution in [0.1, 0.15) is 45.9 Å². The van der Waals surface area contributed by atoms with E-state index in [0.717, 1.165) is 11.1 Å². The highest BCUT2D eigenvalue weighted by Crippen LogP contribution is 2.66. The average molecular weight is 766 g/mol. The van der Waals surface area contributed by atoms with Crippen LogP contribution in [0.2, 0.25) is 0 Å². The van der Waals surface area contributed by atoms with E-state index in [-0.39, 0.29) is 12.1 Å². The molecule has 3 nitrogen and oxygen atoms in total. The number of thiophene rings is 1. The minimum absolute atomic E-state index is 0.242. The molecule has 1 spiro atoms. The van der Waals surface area contributed by atoms with Crippen molar-refractivity contribution in [2.24, 2.45) is 10.7 Å². The minimum atomic E-state index is -0.474. The third-order valence-corrected chi connectivity index (χ3v) is 13.5. The maximum absolute atomic E-state index is 5.68. The molecule has 4 heteroatoms. The molecule has 280 valence electrons. The fourth-order valence-corrected chi connectivity index (χ4v) is 10.9. The molecule has 8 aromatic carbocycles. The van der Waals surface area contributed by atoms with E-state index >= 15 is 0 Å². The van der Waals surface area contributed by atoms with Crippen LogP contribution in [-0.2, 0) is 11.0 Å². The zero-order valence-corrected chi connectivity index (χ0v) is 33.4. The number of rotatable bonds is 6. The monoisotopic (exact) mass is 765 g/mol. The van der Waals surface area contributed by atoms with Crippen molar-refractivity contribution in [1.29, 1.82) is 0 Å². The van der Waals surface area contributed by atoms with Crippen molar-refractivity contribution in [2.75, 3.05) is 6.67 Å². The molecule has 0 radical (unpaired) electrons. The van der Waals surface area contributed by atoms with Crippen LogP contribution in [-0.4, -0.2) is 13.0 Å². The van der Waals surface area contributed by atoms with Gasteiger partial charge in [0.05, 0.1) is 24.0 Å². The zero-order chi connectivity index (χ0) is 39.3. The van der Waals surface area contributed by atoms with Gasteiger partial charge in [0.25, 0.3) is 0 Å². The van der Waals surface area contributed by atoms with Gasteiger partial charge < -0.3 is 11.1 Å². The van der Waals surface area contributed by atoms with Crippen LogP contribution >= 0.6 is 11.3 Å². The maximum Gasteiger partial charge on any atom is 0.0876 e. The predicted octanol–water partition coefficient (Wildman–Crippen LogP) is 12.9. The molecule has 2 unspecified atom stereocenters. The van der Waals surface area contributed by atoms with Crippen molar-refractivity contribution in [3.05, 3.63) is 227 Å². The van der Waals surface area contributed by atoms with Crippen LogP contribution in [0.15, 0.2) is 193 Å². The molecule has 0 fully saturated rings. The van der Waals surface area contributed by atoms with Crippen molar-refractivity contribution < 1.29 is 0 Å². The van der Waals surface area contributed by atoms with Gasteiger partial charge in [0.15, 0.2) is 0 Å². The van der Waals surface area contributed by atoms with E-state index in [2.05, 4.69) is 206 Å². The lowest BCUT2D eigenvalue weighted by atomic mass is 9.70. The number of fused-ring (bicyclic) bond motifs is 13. The second kappa shape index (κ2) is 14.4. The summed E-state index contributed by atoms with van der Waals surface area (Å²) in [5.41, 5.74) is 20.5. The van der Waals surface area contributed by atoms with Crippen molar-refractivity contribution in [3.8, 4) is 32.7 Å². The quantitative estimate of drug-likeness (QED) is 0.131. The standard InChI is InChI=1S/C43H33N3S.C11H10/c1-42(46-27-45-26-44,29-12-3-2-4-13-29)30-24-22-28(23-25-30)31-17-11-20-37-39(31)32-14-5-8-18-35(32)43(37)36-19-9-6-15-33(36)41-40(43)34-16-7-10-21-38(34)47-41;1-9-5-4-7-10-6-2-3-8-11(9)10/h2-25,27H,26,44H2,1H3,(H,45,46);2-8H,1H3. The minimum Gasteiger partial charge on any atom is -0.363 e. The van der Waals surface area contributed by atoms with Crippen LogP contribution in [0.3, 0.4) is 0 Å². The Kier molecular flexibility index (Phi) is 8.89. The first kappa shape index (κ1) is 35.8. The Labute approximate surface area is 344 Å². The molecule has 58 heavy (non-hydrogen) atoms. The fourth-order valence-electron chi connectivity index (χ4n) is 9.58. The lowest BCUT2D eigenvalue weighted by Gasteiger charge is -2.31. The number of nitrogens with one attached hydrogen (secondary N) is 1. The number of aliphatic imine (C=N–C) groups is 1. The van der Waals surface area contributed by atoms with Crippen LogP contribution in [0, 0.1) is 6.92 Å². The molecule has 3 N–H and O–H groups in total. The summed E-state index contributed by atoms with van der Waals surface area (Å²) >= 11 is 1.93. The van der Waals surface area contributed by atoms with Crippen LogP contribution in [0.5, 0.6) is 0 Å². The summed E-state index contributed by atoms with van der Waals surface area (Å²) in [5, 5.41) is 7.57. The lowest BCUT2D eigenvalue weighted by molar-refractivity contribution is 0.535. The first-order valence-electron chi connectivity index (χ1n) is 20.0. The van der Waals surface area contributed by atoms with E-state index in [1.165, 1.54) is 81.4 Å². The van der Waals surface area contributed by atoms with Gasteiger partial charge >= 0.3 is 0 Å². The van der Waals surface area contributed by atoms with E-state index in [1.807, 2.05) is 17.4 Å². The van der Waals surface area contributed by atoms with E-state index in [4.69, 9.17) is 5.73 Å². The third-order valence-electron chi connectivity index (χ3n) is 12.3. The van der Waals surface area contributed by atoms with E-state index < -0.39 is 5.54 Å². The summed E-state index contributed by atoms with van der Waals surface area (Å²) in [6.45, 7) is 4.58. The molecule has 9 aromatic rings. The van der Waals surface area contributed by atoms with Crippen molar-refractivity contribution in [2.45, 2.75) is 24.8 Å². The summed E-state index contributed by atoms with van der Waals surface area (Å²) in [6, 6.07) is 68.4. The van der Waals surface area contributed by atoms with E-state index in [9.17, 15) is 0 Å². The highest BCUT2D eigenvalue weighted by Gasteiger charge is 2.53. The zero-order valence-electron chi connectivity index (χ0n) is 32.6. The van der Waals surface area contributed by atoms with Gasteiger partial charge in [0.1, 0.15) is 0 Å². The van der Waals surface area contributed by atoms with Crippen LogP contribution < -0.4 is 11.1 Å². The van der Waals surface area contributed by atoms with Gasteiger partial charge in [-0.25, -0.2) is 0 Å². The molecule has 0 bridgehead atoms. The predicted molar refractivity (Wildman–Crippen MR) is 246 cm³/mol. The van der Waals surface area contributed by atoms with Crippen molar-refractivity contribution in [3.63, 3.8) is 0 Å². The molecular weight excluding hydrogens is 723 g/mol. The Balaban J connectivity index is 0.000000320. The molecule has 1 aromatic heterocycles. The van der Waals surface area contributed by atoms with Crippen molar-refractivity contribution >= 4 is 38.5 Å². The Hall–Kier alpha value is -6.59. The highest BCUT2D eigenvalue weighted by molar-refractivity contribution is 7.22.